The third-order valence-electron chi connectivity index (χ3n) is 2.75. The topological polar surface area (TPSA) is 55.1 Å². The maximum absolute atomic E-state index is 12.8. The zero-order valence-corrected chi connectivity index (χ0v) is 11.6. The van der Waals surface area contributed by atoms with Crippen LogP contribution in [0.2, 0.25) is 0 Å². The second kappa shape index (κ2) is 8.22. The fourth-order valence-electron chi connectivity index (χ4n) is 1.60. The number of thiophene rings is 1. The van der Waals surface area contributed by atoms with Gasteiger partial charge in [0.1, 0.15) is 0 Å². The number of aryl methyl sites for hydroxylation is 1. The molecule has 0 aliphatic carbocycles. The Labute approximate surface area is 116 Å². The average molecular weight is 290 g/mol. The number of nitrogens with one attached hydrogen (secondary N) is 1. The Hall–Kier alpha value is -1.01. The van der Waals surface area contributed by atoms with Crippen LogP contribution in [0.1, 0.15) is 30.6 Å². The molecule has 0 saturated heterocycles. The van der Waals surface area contributed by atoms with Crippen molar-refractivity contribution in [2.75, 3.05) is 13.1 Å². The molecule has 108 valence electrons. The van der Waals surface area contributed by atoms with Gasteiger partial charge >= 0.3 is 0 Å². The molecule has 1 amide bonds. The van der Waals surface area contributed by atoms with Crippen molar-refractivity contribution in [1.82, 2.24) is 5.32 Å². The molecule has 0 spiro atoms. The van der Waals surface area contributed by atoms with Gasteiger partial charge in [0, 0.05) is 11.3 Å². The quantitative estimate of drug-likeness (QED) is 0.687. The number of nitrogens with two attached hydrogens (primary N) is 1. The summed E-state index contributed by atoms with van der Waals surface area (Å²) in [6, 6.07) is 4.11. The molecule has 6 heteroatoms. The largest absolute Gasteiger partial charge is 0.350 e. The lowest BCUT2D eigenvalue weighted by Gasteiger charge is -2.14. The normalized spacial score (nSPS) is 11.5. The van der Waals surface area contributed by atoms with Crippen LogP contribution in [0.15, 0.2) is 17.5 Å². The number of alkyl halides is 2. The van der Waals surface area contributed by atoms with Crippen molar-refractivity contribution < 1.29 is 13.6 Å². The molecule has 3 N–H and O–H groups in total. The van der Waals surface area contributed by atoms with E-state index in [4.69, 9.17) is 5.73 Å². The molecule has 0 aliphatic heterocycles. The highest BCUT2D eigenvalue weighted by molar-refractivity contribution is 7.09. The molecular formula is C13H20F2N2OS. The van der Waals surface area contributed by atoms with E-state index in [1.807, 2.05) is 11.4 Å². The Kier molecular flexibility index (Phi) is 6.94. The number of carbonyl (C=O) groups excluding carboxylic acids is 1. The first kappa shape index (κ1) is 16.0. The molecule has 1 heterocycles. The van der Waals surface area contributed by atoms with Gasteiger partial charge in [-0.05, 0) is 30.7 Å². The smallest absolute Gasteiger partial charge is 0.277 e. The third-order valence-corrected chi connectivity index (χ3v) is 3.69. The van der Waals surface area contributed by atoms with E-state index in [1.54, 1.807) is 11.3 Å². The summed E-state index contributed by atoms with van der Waals surface area (Å²) in [6.07, 6.45) is 3.99. The number of hydrogen-bond acceptors (Lipinski definition) is 3. The first-order chi connectivity index (χ1) is 9.03. The van der Waals surface area contributed by atoms with Gasteiger partial charge in [-0.15, -0.1) is 11.3 Å². The van der Waals surface area contributed by atoms with E-state index in [0.29, 0.717) is 6.42 Å². The number of rotatable bonds is 9. The fourth-order valence-corrected chi connectivity index (χ4v) is 2.36. The van der Waals surface area contributed by atoms with E-state index >= 15 is 0 Å². The van der Waals surface area contributed by atoms with E-state index in [1.165, 1.54) is 4.88 Å². The van der Waals surface area contributed by atoms with E-state index in [-0.39, 0.29) is 5.91 Å². The number of halogens is 2. The Morgan fingerprint density at radius 1 is 1.37 bits per heavy atom. The van der Waals surface area contributed by atoms with Gasteiger partial charge in [0.25, 0.3) is 5.92 Å². The van der Waals surface area contributed by atoms with E-state index < -0.39 is 19.0 Å². The SMILES string of the molecule is NCC(F)(F)CNC(=O)CCCCCc1cccs1. The average Bonchev–Trinajstić information content (AvgIpc) is 2.89. The molecule has 3 nitrogen and oxygen atoms in total. The first-order valence-corrected chi connectivity index (χ1v) is 7.28. The van der Waals surface area contributed by atoms with Gasteiger partial charge in [-0.3, -0.25) is 4.79 Å². The van der Waals surface area contributed by atoms with Crippen LogP contribution >= 0.6 is 11.3 Å². The van der Waals surface area contributed by atoms with Crippen LogP contribution in [0.3, 0.4) is 0 Å². The predicted octanol–water partition coefficient (Wildman–Crippen LogP) is 2.56. The Balaban J connectivity index is 2.01. The second-order valence-corrected chi connectivity index (χ2v) is 5.51. The molecule has 19 heavy (non-hydrogen) atoms. The van der Waals surface area contributed by atoms with Crippen molar-refractivity contribution in [3.63, 3.8) is 0 Å². The van der Waals surface area contributed by atoms with Crippen LogP contribution in [0.25, 0.3) is 0 Å². The molecule has 0 bridgehead atoms. The Morgan fingerprint density at radius 2 is 2.16 bits per heavy atom. The molecule has 0 radical (unpaired) electrons. The van der Waals surface area contributed by atoms with Crippen molar-refractivity contribution in [3.05, 3.63) is 22.4 Å². The zero-order chi connectivity index (χ0) is 14.1. The van der Waals surface area contributed by atoms with Crippen LogP contribution < -0.4 is 11.1 Å². The molecule has 1 aromatic rings. The van der Waals surface area contributed by atoms with Crippen molar-refractivity contribution in [2.24, 2.45) is 5.73 Å². The summed E-state index contributed by atoms with van der Waals surface area (Å²) < 4.78 is 25.5. The van der Waals surface area contributed by atoms with E-state index in [0.717, 1.165) is 25.7 Å². The van der Waals surface area contributed by atoms with Crippen LogP contribution in [0.5, 0.6) is 0 Å². The summed E-state index contributed by atoms with van der Waals surface area (Å²) in [5.74, 6) is -3.33. The monoisotopic (exact) mass is 290 g/mol. The molecule has 0 unspecified atom stereocenters. The molecule has 1 aromatic heterocycles. The summed E-state index contributed by atoms with van der Waals surface area (Å²) in [6.45, 7) is -1.41. The molecule has 0 saturated carbocycles. The van der Waals surface area contributed by atoms with Crippen LogP contribution in [-0.4, -0.2) is 24.9 Å². The van der Waals surface area contributed by atoms with Gasteiger partial charge in [-0.25, -0.2) is 8.78 Å². The van der Waals surface area contributed by atoms with E-state index in [2.05, 4.69) is 11.4 Å². The highest BCUT2D eigenvalue weighted by atomic mass is 32.1. The van der Waals surface area contributed by atoms with Gasteiger partial charge < -0.3 is 11.1 Å². The second-order valence-electron chi connectivity index (χ2n) is 4.48. The van der Waals surface area contributed by atoms with Gasteiger partial charge in [0.15, 0.2) is 0 Å². The fraction of sp³-hybridized carbons (Fsp3) is 0.615. The summed E-state index contributed by atoms with van der Waals surface area (Å²) in [4.78, 5) is 12.7. The molecule has 0 fully saturated rings. The first-order valence-electron chi connectivity index (χ1n) is 6.40. The van der Waals surface area contributed by atoms with Crippen LogP contribution in [0, 0.1) is 0 Å². The highest BCUT2D eigenvalue weighted by Gasteiger charge is 2.26. The maximum atomic E-state index is 12.8. The minimum Gasteiger partial charge on any atom is -0.350 e. The molecule has 0 aromatic carbocycles. The lowest BCUT2D eigenvalue weighted by Crippen LogP contribution is -2.41. The standard InChI is InChI=1S/C13H20F2N2OS/c14-13(15,9-16)10-17-12(18)7-3-1-2-5-11-6-4-8-19-11/h4,6,8H,1-3,5,7,9-10,16H2,(H,17,18). The number of hydrogen-bond donors (Lipinski definition) is 2. The lowest BCUT2D eigenvalue weighted by atomic mass is 10.1. The summed E-state index contributed by atoms with van der Waals surface area (Å²) in [7, 11) is 0. The van der Waals surface area contributed by atoms with Crippen LogP contribution in [0.4, 0.5) is 8.78 Å². The summed E-state index contributed by atoms with van der Waals surface area (Å²) in [5.41, 5.74) is 4.88. The van der Waals surface area contributed by atoms with Gasteiger partial charge in [0.2, 0.25) is 5.91 Å². The lowest BCUT2D eigenvalue weighted by molar-refractivity contribution is -0.123. The van der Waals surface area contributed by atoms with Crippen molar-refractivity contribution in [1.29, 1.82) is 0 Å². The number of carbonyl (C=O) groups is 1. The van der Waals surface area contributed by atoms with E-state index in [9.17, 15) is 13.6 Å². The van der Waals surface area contributed by atoms with Crippen LogP contribution in [-0.2, 0) is 11.2 Å². The molecule has 0 atom stereocenters. The minimum absolute atomic E-state index is 0.297. The number of amides is 1. The van der Waals surface area contributed by atoms with Crippen molar-refractivity contribution in [2.45, 2.75) is 38.0 Å². The molecule has 1 rings (SSSR count). The predicted molar refractivity (Wildman–Crippen MR) is 73.5 cm³/mol. The maximum Gasteiger partial charge on any atom is 0.277 e. The Bertz CT molecular complexity index is 369. The number of unbranched alkanes of at least 4 members (excludes halogenated alkanes) is 2. The van der Waals surface area contributed by atoms with Gasteiger partial charge in [-0.1, -0.05) is 12.5 Å². The van der Waals surface area contributed by atoms with Gasteiger partial charge in [-0.2, -0.15) is 0 Å². The molecule has 0 aliphatic rings. The molecular weight excluding hydrogens is 270 g/mol. The Morgan fingerprint density at radius 3 is 2.79 bits per heavy atom. The minimum atomic E-state index is -3.01. The van der Waals surface area contributed by atoms with Crippen molar-refractivity contribution >= 4 is 17.2 Å². The van der Waals surface area contributed by atoms with Crippen molar-refractivity contribution in [3.8, 4) is 0 Å². The third kappa shape index (κ3) is 7.22. The summed E-state index contributed by atoms with van der Waals surface area (Å²) >= 11 is 1.73. The summed E-state index contributed by atoms with van der Waals surface area (Å²) in [5, 5.41) is 4.25. The van der Waals surface area contributed by atoms with Gasteiger partial charge in [0.05, 0.1) is 13.1 Å². The highest BCUT2D eigenvalue weighted by Crippen LogP contribution is 2.13. The zero-order valence-electron chi connectivity index (χ0n) is 10.8.